The zero-order valence-electron chi connectivity index (χ0n) is 12.1. The fourth-order valence-corrected chi connectivity index (χ4v) is 1.95. The third-order valence-electron chi connectivity index (χ3n) is 3.09. The van der Waals surface area contributed by atoms with Gasteiger partial charge in [0, 0.05) is 29.0 Å². The van der Waals surface area contributed by atoms with Crippen LogP contribution >= 0.6 is 15.9 Å². The summed E-state index contributed by atoms with van der Waals surface area (Å²) >= 11 is 3.40. The van der Waals surface area contributed by atoms with Gasteiger partial charge in [0.25, 0.3) is 5.91 Å². The second kappa shape index (κ2) is 8.04. The molecule has 0 radical (unpaired) electrons. The zero-order chi connectivity index (χ0) is 15.1. The van der Waals surface area contributed by atoms with E-state index in [4.69, 9.17) is 0 Å². The lowest BCUT2D eigenvalue weighted by Gasteiger charge is -2.11. The number of amides is 2. The van der Waals surface area contributed by atoms with E-state index in [9.17, 15) is 9.59 Å². The van der Waals surface area contributed by atoms with Crippen LogP contribution in [0.25, 0.3) is 0 Å². The number of hydrogen-bond acceptors (Lipinski definition) is 2. The minimum Gasteiger partial charge on any atom is -0.354 e. The molecule has 0 saturated carbocycles. The maximum atomic E-state index is 11.9. The van der Waals surface area contributed by atoms with E-state index in [2.05, 4.69) is 26.6 Å². The largest absolute Gasteiger partial charge is 0.354 e. The smallest absolute Gasteiger partial charge is 0.251 e. The molecule has 20 heavy (non-hydrogen) atoms. The van der Waals surface area contributed by atoms with Crippen LogP contribution in [0.2, 0.25) is 0 Å². The van der Waals surface area contributed by atoms with Crippen molar-refractivity contribution in [1.29, 1.82) is 0 Å². The topological polar surface area (TPSA) is 58.2 Å². The van der Waals surface area contributed by atoms with Gasteiger partial charge in [-0.3, -0.25) is 9.59 Å². The normalized spacial score (nSPS) is 11.8. The summed E-state index contributed by atoms with van der Waals surface area (Å²) in [6, 6.07) is 5.61. The number of benzene rings is 1. The van der Waals surface area contributed by atoms with Gasteiger partial charge < -0.3 is 10.6 Å². The molecule has 1 atom stereocenters. The van der Waals surface area contributed by atoms with Gasteiger partial charge in [0.2, 0.25) is 5.91 Å². The van der Waals surface area contributed by atoms with Crippen LogP contribution < -0.4 is 10.6 Å². The second-order valence-corrected chi connectivity index (χ2v) is 5.70. The Balaban J connectivity index is 2.40. The van der Waals surface area contributed by atoms with Gasteiger partial charge in [-0.05, 0) is 38.0 Å². The van der Waals surface area contributed by atoms with Crippen LogP contribution in [0.1, 0.15) is 42.6 Å². The summed E-state index contributed by atoms with van der Waals surface area (Å²) in [7, 11) is 0. The summed E-state index contributed by atoms with van der Waals surface area (Å²) in [5.74, 6) is -0.202. The van der Waals surface area contributed by atoms with Crippen molar-refractivity contribution in [3.63, 3.8) is 0 Å². The highest BCUT2D eigenvalue weighted by Crippen LogP contribution is 2.17. The van der Waals surface area contributed by atoms with Crippen LogP contribution in [0, 0.1) is 6.92 Å². The first kappa shape index (κ1) is 16.7. The van der Waals surface area contributed by atoms with E-state index in [0.29, 0.717) is 18.5 Å². The van der Waals surface area contributed by atoms with E-state index in [0.717, 1.165) is 16.5 Å². The standard InChI is InChI=1S/C15H21BrN2O2/c1-4-11(3)18-14(19)7-8-17-15(20)12-6-5-10(2)13(16)9-12/h5-6,9,11H,4,7-8H2,1-3H3,(H,17,20)(H,18,19). The van der Waals surface area contributed by atoms with Gasteiger partial charge in [-0.25, -0.2) is 0 Å². The number of carbonyl (C=O) groups is 2. The van der Waals surface area contributed by atoms with E-state index in [1.54, 1.807) is 12.1 Å². The summed E-state index contributed by atoms with van der Waals surface area (Å²) in [6.07, 6.45) is 1.19. The average molecular weight is 341 g/mol. The van der Waals surface area contributed by atoms with E-state index in [-0.39, 0.29) is 17.9 Å². The molecule has 1 unspecified atom stereocenters. The summed E-state index contributed by atoms with van der Waals surface area (Å²) in [5.41, 5.74) is 1.67. The fourth-order valence-electron chi connectivity index (χ4n) is 1.57. The molecule has 1 aromatic carbocycles. The molecule has 2 N–H and O–H groups in total. The molecule has 0 fully saturated rings. The quantitative estimate of drug-likeness (QED) is 0.836. The molecular formula is C15H21BrN2O2. The Hall–Kier alpha value is -1.36. The van der Waals surface area contributed by atoms with Crippen LogP contribution in [0.4, 0.5) is 0 Å². The Morgan fingerprint density at radius 1 is 1.35 bits per heavy atom. The Morgan fingerprint density at radius 2 is 2.05 bits per heavy atom. The summed E-state index contributed by atoms with van der Waals surface area (Å²) in [5, 5.41) is 5.61. The first-order valence-electron chi connectivity index (χ1n) is 6.77. The van der Waals surface area contributed by atoms with Crippen molar-refractivity contribution in [3.05, 3.63) is 33.8 Å². The fraction of sp³-hybridized carbons (Fsp3) is 0.467. The van der Waals surface area contributed by atoms with Gasteiger partial charge in [-0.1, -0.05) is 28.9 Å². The summed E-state index contributed by atoms with van der Waals surface area (Å²) in [6.45, 7) is 6.28. The molecule has 0 aromatic heterocycles. The zero-order valence-corrected chi connectivity index (χ0v) is 13.7. The molecule has 0 aliphatic rings. The third kappa shape index (κ3) is 5.33. The first-order chi connectivity index (χ1) is 9.43. The van der Waals surface area contributed by atoms with E-state index >= 15 is 0 Å². The van der Waals surface area contributed by atoms with Gasteiger partial charge in [0.15, 0.2) is 0 Å². The van der Waals surface area contributed by atoms with Crippen molar-refractivity contribution in [2.45, 2.75) is 39.7 Å². The van der Waals surface area contributed by atoms with Crippen LogP contribution in [-0.4, -0.2) is 24.4 Å². The van der Waals surface area contributed by atoms with Crippen molar-refractivity contribution in [2.75, 3.05) is 6.54 Å². The van der Waals surface area contributed by atoms with Crippen LogP contribution in [0.3, 0.4) is 0 Å². The maximum absolute atomic E-state index is 11.9. The Kier molecular flexibility index (Phi) is 6.71. The number of halogens is 1. The predicted molar refractivity (Wildman–Crippen MR) is 83.7 cm³/mol. The molecule has 5 heteroatoms. The number of hydrogen-bond donors (Lipinski definition) is 2. The van der Waals surface area contributed by atoms with Crippen LogP contribution in [0.15, 0.2) is 22.7 Å². The lowest BCUT2D eigenvalue weighted by Crippen LogP contribution is -2.35. The molecule has 0 bridgehead atoms. The molecule has 2 amide bonds. The van der Waals surface area contributed by atoms with Gasteiger partial charge in [-0.15, -0.1) is 0 Å². The minimum absolute atomic E-state index is 0.0373. The molecule has 0 spiro atoms. The second-order valence-electron chi connectivity index (χ2n) is 4.85. The lowest BCUT2D eigenvalue weighted by molar-refractivity contribution is -0.121. The van der Waals surface area contributed by atoms with Crippen LogP contribution in [-0.2, 0) is 4.79 Å². The average Bonchev–Trinajstić information content (AvgIpc) is 2.41. The third-order valence-corrected chi connectivity index (χ3v) is 3.95. The predicted octanol–water partition coefficient (Wildman–Crippen LogP) is 2.79. The monoisotopic (exact) mass is 340 g/mol. The molecule has 4 nitrogen and oxygen atoms in total. The van der Waals surface area contributed by atoms with Crippen molar-refractivity contribution in [2.24, 2.45) is 0 Å². The Labute approximate surface area is 128 Å². The molecule has 0 heterocycles. The van der Waals surface area contributed by atoms with Gasteiger partial charge >= 0.3 is 0 Å². The number of carbonyl (C=O) groups excluding carboxylic acids is 2. The van der Waals surface area contributed by atoms with Gasteiger partial charge in [-0.2, -0.15) is 0 Å². The SMILES string of the molecule is CCC(C)NC(=O)CCNC(=O)c1ccc(C)c(Br)c1. The molecule has 110 valence electrons. The minimum atomic E-state index is -0.165. The first-order valence-corrected chi connectivity index (χ1v) is 7.57. The van der Waals surface area contributed by atoms with E-state index < -0.39 is 0 Å². The van der Waals surface area contributed by atoms with Crippen molar-refractivity contribution in [1.82, 2.24) is 10.6 Å². The molecule has 0 saturated heterocycles. The van der Waals surface area contributed by atoms with Crippen molar-refractivity contribution >= 4 is 27.7 Å². The Morgan fingerprint density at radius 3 is 2.65 bits per heavy atom. The lowest BCUT2D eigenvalue weighted by atomic mass is 10.1. The molecule has 1 aromatic rings. The maximum Gasteiger partial charge on any atom is 0.251 e. The Bertz CT molecular complexity index is 489. The number of nitrogens with one attached hydrogen (secondary N) is 2. The highest BCUT2D eigenvalue weighted by atomic mass is 79.9. The molecule has 0 aliphatic heterocycles. The molecule has 1 rings (SSSR count). The van der Waals surface area contributed by atoms with Crippen molar-refractivity contribution in [3.8, 4) is 0 Å². The highest BCUT2D eigenvalue weighted by Gasteiger charge is 2.09. The van der Waals surface area contributed by atoms with Crippen LogP contribution in [0.5, 0.6) is 0 Å². The highest BCUT2D eigenvalue weighted by molar-refractivity contribution is 9.10. The van der Waals surface area contributed by atoms with Gasteiger partial charge in [0.1, 0.15) is 0 Å². The molecule has 0 aliphatic carbocycles. The van der Waals surface area contributed by atoms with Gasteiger partial charge in [0.05, 0.1) is 0 Å². The molecular weight excluding hydrogens is 320 g/mol. The number of aryl methyl sites for hydroxylation is 1. The summed E-state index contributed by atoms with van der Waals surface area (Å²) in [4.78, 5) is 23.5. The van der Waals surface area contributed by atoms with E-state index in [1.165, 1.54) is 0 Å². The summed E-state index contributed by atoms with van der Waals surface area (Å²) < 4.78 is 0.902. The van der Waals surface area contributed by atoms with Crippen molar-refractivity contribution < 1.29 is 9.59 Å². The van der Waals surface area contributed by atoms with E-state index in [1.807, 2.05) is 26.8 Å². The number of rotatable bonds is 6.